The van der Waals surface area contributed by atoms with E-state index in [1.165, 1.54) is 5.56 Å². The molecule has 1 aromatic rings. The highest BCUT2D eigenvalue weighted by Crippen LogP contribution is 2.22. The zero-order chi connectivity index (χ0) is 15.5. The summed E-state index contributed by atoms with van der Waals surface area (Å²) in [4.78, 5) is 14.2. The Labute approximate surface area is 127 Å². The van der Waals surface area contributed by atoms with E-state index in [9.17, 15) is 4.79 Å². The van der Waals surface area contributed by atoms with Gasteiger partial charge in [-0.05, 0) is 45.6 Å². The number of amides is 1. The van der Waals surface area contributed by atoms with Gasteiger partial charge in [-0.2, -0.15) is 0 Å². The third-order valence-electron chi connectivity index (χ3n) is 3.70. The lowest BCUT2D eigenvalue weighted by atomic mass is 9.93. The van der Waals surface area contributed by atoms with Gasteiger partial charge in [-0.1, -0.05) is 30.3 Å². The quantitative estimate of drug-likeness (QED) is 0.911. The summed E-state index contributed by atoms with van der Waals surface area (Å²) in [5.41, 5.74) is 6.85. The number of benzene rings is 1. The molecule has 1 aliphatic rings. The van der Waals surface area contributed by atoms with Gasteiger partial charge in [0.25, 0.3) is 0 Å². The van der Waals surface area contributed by atoms with Crippen LogP contribution in [0.5, 0.6) is 0 Å². The first-order chi connectivity index (χ1) is 9.85. The van der Waals surface area contributed by atoms with Gasteiger partial charge in [-0.15, -0.1) is 0 Å². The van der Waals surface area contributed by atoms with Gasteiger partial charge >= 0.3 is 6.09 Å². The SMILES string of the molecule is CC(C)(C)OC(=O)N1CCC(N)CC1Cc1ccccc1. The van der Waals surface area contributed by atoms with Crippen LogP contribution in [0.3, 0.4) is 0 Å². The van der Waals surface area contributed by atoms with Gasteiger partial charge < -0.3 is 15.4 Å². The van der Waals surface area contributed by atoms with Crippen molar-refractivity contribution in [3.8, 4) is 0 Å². The number of hydrogen-bond acceptors (Lipinski definition) is 3. The Morgan fingerprint density at radius 1 is 1.33 bits per heavy atom. The van der Waals surface area contributed by atoms with Crippen molar-refractivity contribution in [3.63, 3.8) is 0 Å². The van der Waals surface area contributed by atoms with Gasteiger partial charge in [0.1, 0.15) is 5.60 Å². The highest BCUT2D eigenvalue weighted by atomic mass is 16.6. The molecule has 4 heteroatoms. The zero-order valence-electron chi connectivity index (χ0n) is 13.2. The second-order valence-electron chi connectivity index (χ2n) is 6.80. The fourth-order valence-corrected chi connectivity index (χ4v) is 2.72. The molecule has 0 bridgehead atoms. The molecule has 2 N–H and O–H groups in total. The Balaban J connectivity index is 2.08. The highest BCUT2D eigenvalue weighted by molar-refractivity contribution is 5.68. The van der Waals surface area contributed by atoms with Crippen LogP contribution < -0.4 is 5.73 Å². The maximum absolute atomic E-state index is 12.4. The van der Waals surface area contributed by atoms with Crippen molar-refractivity contribution in [2.24, 2.45) is 5.73 Å². The molecule has 21 heavy (non-hydrogen) atoms. The Kier molecular flexibility index (Phi) is 4.88. The van der Waals surface area contributed by atoms with Crippen LogP contribution in [-0.2, 0) is 11.2 Å². The largest absolute Gasteiger partial charge is 0.444 e. The molecule has 2 atom stereocenters. The number of rotatable bonds is 2. The number of nitrogens with two attached hydrogens (primary N) is 1. The molecule has 4 nitrogen and oxygen atoms in total. The van der Waals surface area contributed by atoms with Crippen LogP contribution in [0.4, 0.5) is 4.79 Å². The van der Waals surface area contributed by atoms with Gasteiger partial charge in [-0.25, -0.2) is 4.79 Å². The van der Waals surface area contributed by atoms with E-state index in [2.05, 4.69) is 12.1 Å². The zero-order valence-corrected chi connectivity index (χ0v) is 13.2. The van der Waals surface area contributed by atoms with E-state index in [0.717, 1.165) is 19.3 Å². The molecule has 1 aliphatic heterocycles. The predicted molar refractivity (Wildman–Crippen MR) is 84.1 cm³/mol. The molecule has 0 saturated carbocycles. The lowest BCUT2D eigenvalue weighted by molar-refractivity contribution is 0.00844. The number of nitrogens with zero attached hydrogens (tertiary/aromatic N) is 1. The fourth-order valence-electron chi connectivity index (χ4n) is 2.72. The van der Waals surface area contributed by atoms with Crippen LogP contribution in [-0.4, -0.2) is 35.2 Å². The van der Waals surface area contributed by atoms with E-state index in [1.807, 2.05) is 43.9 Å². The van der Waals surface area contributed by atoms with Crippen molar-refractivity contribution < 1.29 is 9.53 Å². The van der Waals surface area contributed by atoms with Crippen molar-refractivity contribution >= 4 is 6.09 Å². The summed E-state index contributed by atoms with van der Waals surface area (Å²) in [5, 5.41) is 0. The Morgan fingerprint density at radius 3 is 2.62 bits per heavy atom. The Hall–Kier alpha value is -1.55. The van der Waals surface area contributed by atoms with Crippen LogP contribution in [0, 0.1) is 0 Å². The smallest absolute Gasteiger partial charge is 0.410 e. The standard InChI is InChI=1S/C17H26N2O2/c1-17(2,3)21-16(20)19-10-9-14(18)12-15(19)11-13-7-5-4-6-8-13/h4-8,14-15H,9-12,18H2,1-3H3. The minimum absolute atomic E-state index is 0.117. The summed E-state index contributed by atoms with van der Waals surface area (Å²) in [6, 6.07) is 10.5. The number of piperidine rings is 1. The molecule has 1 aromatic carbocycles. The number of hydrogen-bond donors (Lipinski definition) is 1. The minimum Gasteiger partial charge on any atom is -0.444 e. The van der Waals surface area contributed by atoms with Crippen LogP contribution in [0.15, 0.2) is 30.3 Å². The second-order valence-corrected chi connectivity index (χ2v) is 6.80. The summed E-state index contributed by atoms with van der Waals surface area (Å²) in [6.07, 6.45) is 2.27. The number of likely N-dealkylation sites (tertiary alicyclic amines) is 1. The molecule has 0 radical (unpaired) electrons. The summed E-state index contributed by atoms with van der Waals surface area (Å²) in [5.74, 6) is 0. The molecule has 0 spiro atoms. The third-order valence-corrected chi connectivity index (χ3v) is 3.70. The van der Waals surface area contributed by atoms with Crippen molar-refractivity contribution in [3.05, 3.63) is 35.9 Å². The second kappa shape index (κ2) is 6.48. The van der Waals surface area contributed by atoms with Crippen LogP contribution in [0.1, 0.15) is 39.2 Å². The molecule has 0 aliphatic carbocycles. The monoisotopic (exact) mass is 290 g/mol. The number of carbonyl (C=O) groups excluding carboxylic acids is 1. The van der Waals surface area contributed by atoms with E-state index in [0.29, 0.717) is 6.54 Å². The average molecular weight is 290 g/mol. The maximum atomic E-state index is 12.4. The van der Waals surface area contributed by atoms with Gasteiger partial charge in [0.15, 0.2) is 0 Å². The van der Waals surface area contributed by atoms with Crippen LogP contribution in [0.2, 0.25) is 0 Å². The maximum Gasteiger partial charge on any atom is 0.410 e. The third kappa shape index (κ3) is 4.74. The Morgan fingerprint density at radius 2 is 2.00 bits per heavy atom. The Bertz CT molecular complexity index is 467. The van der Waals surface area contributed by atoms with Gasteiger partial charge in [0, 0.05) is 18.6 Å². The average Bonchev–Trinajstić information content (AvgIpc) is 2.37. The lowest BCUT2D eigenvalue weighted by Gasteiger charge is -2.39. The molecule has 1 fully saturated rings. The first kappa shape index (κ1) is 15.8. The molecule has 0 aromatic heterocycles. The van der Waals surface area contributed by atoms with Crippen molar-refractivity contribution in [2.75, 3.05) is 6.54 Å². The topological polar surface area (TPSA) is 55.6 Å². The molecule has 2 rings (SSSR count). The van der Waals surface area contributed by atoms with E-state index >= 15 is 0 Å². The van der Waals surface area contributed by atoms with Gasteiger partial charge in [0.2, 0.25) is 0 Å². The molecule has 1 saturated heterocycles. The van der Waals surface area contributed by atoms with E-state index < -0.39 is 5.60 Å². The first-order valence-electron chi connectivity index (χ1n) is 7.64. The number of ether oxygens (including phenoxy) is 1. The summed E-state index contributed by atoms with van der Waals surface area (Å²) in [6.45, 7) is 6.36. The summed E-state index contributed by atoms with van der Waals surface area (Å²) in [7, 11) is 0. The molecule has 1 amide bonds. The fraction of sp³-hybridized carbons (Fsp3) is 0.588. The lowest BCUT2D eigenvalue weighted by Crippen LogP contribution is -2.51. The van der Waals surface area contributed by atoms with Crippen LogP contribution in [0.25, 0.3) is 0 Å². The summed E-state index contributed by atoms with van der Waals surface area (Å²) < 4.78 is 5.53. The van der Waals surface area contributed by atoms with Crippen molar-refractivity contribution in [1.82, 2.24) is 4.90 Å². The molecular formula is C17H26N2O2. The van der Waals surface area contributed by atoms with E-state index in [4.69, 9.17) is 10.5 Å². The normalized spacial score (nSPS) is 23.0. The van der Waals surface area contributed by atoms with Crippen molar-refractivity contribution in [2.45, 2.75) is 57.7 Å². The van der Waals surface area contributed by atoms with E-state index in [1.54, 1.807) is 0 Å². The van der Waals surface area contributed by atoms with Gasteiger partial charge in [0.05, 0.1) is 0 Å². The van der Waals surface area contributed by atoms with Crippen molar-refractivity contribution in [1.29, 1.82) is 0 Å². The van der Waals surface area contributed by atoms with Gasteiger partial charge in [-0.3, -0.25) is 0 Å². The highest BCUT2D eigenvalue weighted by Gasteiger charge is 2.33. The number of carbonyl (C=O) groups is 1. The predicted octanol–water partition coefficient (Wildman–Crippen LogP) is 2.96. The molecule has 116 valence electrons. The molecule has 1 heterocycles. The summed E-state index contributed by atoms with van der Waals surface area (Å²) >= 11 is 0. The van der Waals surface area contributed by atoms with E-state index in [-0.39, 0.29) is 18.2 Å². The minimum atomic E-state index is -0.464. The molecule has 2 unspecified atom stereocenters. The van der Waals surface area contributed by atoms with Crippen LogP contribution >= 0.6 is 0 Å². The first-order valence-corrected chi connectivity index (χ1v) is 7.64. The molecular weight excluding hydrogens is 264 g/mol.